The van der Waals surface area contributed by atoms with Gasteiger partial charge in [-0.05, 0) is 51.2 Å². The zero-order chi connectivity index (χ0) is 12.7. The highest BCUT2D eigenvalue weighted by molar-refractivity contribution is 4.73. The second-order valence-corrected chi connectivity index (χ2v) is 6.29. The highest BCUT2D eigenvalue weighted by Gasteiger charge is 2.19. The van der Waals surface area contributed by atoms with Crippen molar-refractivity contribution in [3.8, 4) is 0 Å². The minimum Gasteiger partial charge on any atom is -0.319 e. The van der Waals surface area contributed by atoms with Gasteiger partial charge in [0.1, 0.15) is 0 Å². The predicted octanol–water partition coefficient (Wildman–Crippen LogP) is 2.99. The molecule has 2 heteroatoms. The molecule has 1 fully saturated rings. The van der Waals surface area contributed by atoms with Crippen LogP contribution in [-0.2, 0) is 0 Å². The Kier molecular flexibility index (Phi) is 7.14. The maximum atomic E-state index is 3.33. The summed E-state index contributed by atoms with van der Waals surface area (Å²) in [5.74, 6) is 2.53. The molecule has 0 bridgehead atoms. The molecular weight excluding hydrogens is 208 g/mol. The second-order valence-electron chi connectivity index (χ2n) is 6.29. The molecule has 1 aliphatic rings. The Bertz CT molecular complexity index is 185. The molecule has 17 heavy (non-hydrogen) atoms. The van der Waals surface area contributed by atoms with Crippen LogP contribution in [0.15, 0.2) is 0 Å². The molecule has 0 spiro atoms. The second kappa shape index (κ2) is 8.10. The molecule has 0 amide bonds. The Hall–Kier alpha value is -0.0800. The SMILES string of the molecule is CNCC(CN(C)CC1CCCCC1)C(C)C. The van der Waals surface area contributed by atoms with Gasteiger partial charge in [-0.2, -0.15) is 0 Å². The molecule has 1 atom stereocenters. The van der Waals surface area contributed by atoms with Crippen molar-refractivity contribution >= 4 is 0 Å². The zero-order valence-corrected chi connectivity index (χ0v) is 12.3. The van der Waals surface area contributed by atoms with Gasteiger partial charge in [0.05, 0.1) is 0 Å². The number of nitrogens with one attached hydrogen (secondary N) is 1. The molecule has 0 aliphatic heterocycles. The Morgan fingerprint density at radius 3 is 2.35 bits per heavy atom. The van der Waals surface area contributed by atoms with Crippen molar-refractivity contribution in [3.05, 3.63) is 0 Å². The summed E-state index contributed by atoms with van der Waals surface area (Å²) in [6.07, 6.45) is 7.31. The molecule has 0 radical (unpaired) electrons. The smallest absolute Gasteiger partial charge is 0.00213 e. The number of hydrogen-bond acceptors (Lipinski definition) is 2. The van der Waals surface area contributed by atoms with Crippen LogP contribution in [-0.4, -0.2) is 38.6 Å². The Morgan fingerprint density at radius 1 is 1.18 bits per heavy atom. The summed E-state index contributed by atoms with van der Waals surface area (Å²) in [5.41, 5.74) is 0. The summed E-state index contributed by atoms with van der Waals surface area (Å²) in [7, 11) is 4.37. The van der Waals surface area contributed by atoms with Gasteiger partial charge in [0.25, 0.3) is 0 Å². The van der Waals surface area contributed by atoms with Crippen molar-refractivity contribution in [1.29, 1.82) is 0 Å². The third-order valence-corrected chi connectivity index (χ3v) is 4.25. The molecule has 1 unspecified atom stereocenters. The van der Waals surface area contributed by atoms with E-state index in [1.807, 2.05) is 0 Å². The summed E-state index contributed by atoms with van der Waals surface area (Å²) in [5, 5.41) is 3.33. The van der Waals surface area contributed by atoms with Gasteiger partial charge in [0.2, 0.25) is 0 Å². The first-order valence-electron chi connectivity index (χ1n) is 7.46. The molecular formula is C15H32N2. The monoisotopic (exact) mass is 240 g/mol. The van der Waals surface area contributed by atoms with Crippen LogP contribution in [0.25, 0.3) is 0 Å². The first-order chi connectivity index (χ1) is 8.13. The van der Waals surface area contributed by atoms with E-state index in [4.69, 9.17) is 0 Å². The molecule has 1 rings (SSSR count). The maximum absolute atomic E-state index is 3.33. The minimum absolute atomic E-state index is 0.774. The predicted molar refractivity (Wildman–Crippen MR) is 76.3 cm³/mol. The fourth-order valence-corrected chi connectivity index (χ4v) is 3.06. The Morgan fingerprint density at radius 2 is 1.82 bits per heavy atom. The number of rotatable bonds is 7. The molecule has 0 heterocycles. The topological polar surface area (TPSA) is 15.3 Å². The van der Waals surface area contributed by atoms with E-state index in [1.165, 1.54) is 45.2 Å². The van der Waals surface area contributed by atoms with Gasteiger partial charge in [-0.25, -0.2) is 0 Å². The van der Waals surface area contributed by atoms with Crippen LogP contribution in [0.5, 0.6) is 0 Å². The van der Waals surface area contributed by atoms with E-state index in [0.29, 0.717) is 0 Å². The Labute approximate surface area is 108 Å². The van der Waals surface area contributed by atoms with E-state index in [2.05, 4.69) is 38.2 Å². The fourth-order valence-electron chi connectivity index (χ4n) is 3.06. The lowest BCUT2D eigenvalue weighted by Crippen LogP contribution is -2.37. The van der Waals surface area contributed by atoms with E-state index in [1.54, 1.807) is 0 Å². The van der Waals surface area contributed by atoms with E-state index < -0.39 is 0 Å². The molecule has 0 aromatic carbocycles. The fraction of sp³-hybridized carbons (Fsp3) is 1.00. The molecule has 0 aromatic heterocycles. The summed E-state index contributed by atoms with van der Waals surface area (Å²) in [4.78, 5) is 2.57. The van der Waals surface area contributed by atoms with Gasteiger partial charge in [-0.3, -0.25) is 0 Å². The van der Waals surface area contributed by atoms with Crippen LogP contribution in [0.4, 0.5) is 0 Å². The number of hydrogen-bond donors (Lipinski definition) is 1. The molecule has 0 saturated heterocycles. The van der Waals surface area contributed by atoms with E-state index in [9.17, 15) is 0 Å². The normalized spacial score (nSPS) is 20.1. The highest BCUT2D eigenvalue weighted by atomic mass is 15.1. The van der Waals surface area contributed by atoms with Gasteiger partial charge in [-0.15, -0.1) is 0 Å². The molecule has 2 nitrogen and oxygen atoms in total. The van der Waals surface area contributed by atoms with Gasteiger partial charge in [0.15, 0.2) is 0 Å². The van der Waals surface area contributed by atoms with Crippen LogP contribution >= 0.6 is 0 Å². The van der Waals surface area contributed by atoms with Gasteiger partial charge in [0, 0.05) is 13.1 Å². The first kappa shape index (κ1) is 15.0. The zero-order valence-electron chi connectivity index (χ0n) is 12.3. The molecule has 102 valence electrons. The van der Waals surface area contributed by atoms with E-state index in [0.717, 1.165) is 24.3 Å². The number of nitrogens with zero attached hydrogens (tertiary/aromatic N) is 1. The first-order valence-corrected chi connectivity index (χ1v) is 7.46. The van der Waals surface area contributed by atoms with E-state index in [-0.39, 0.29) is 0 Å². The van der Waals surface area contributed by atoms with Crippen molar-refractivity contribution < 1.29 is 0 Å². The van der Waals surface area contributed by atoms with Crippen molar-refractivity contribution in [2.24, 2.45) is 17.8 Å². The summed E-state index contributed by atoms with van der Waals surface area (Å²) in [6, 6.07) is 0. The van der Waals surface area contributed by atoms with Gasteiger partial charge >= 0.3 is 0 Å². The summed E-state index contributed by atoms with van der Waals surface area (Å²) in [6.45, 7) is 8.39. The lowest BCUT2D eigenvalue weighted by atomic mass is 9.88. The van der Waals surface area contributed by atoms with Gasteiger partial charge < -0.3 is 10.2 Å². The van der Waals surface area contributed by atoms with Crippen molar-refractivity contribution in [2.45, 2.75) is 46.0 Å². The highest BCUT2D eigenvalue weighted by Crippen LogP contribution is 2.24. The van der Waals surface area contributed by atoms with Crippen molar-refractivity contribution in [2.75, 3.05) is 33.7 Å². The largest absolute Gasteiger partial charge is 0.319 e. The van der Waals surface area contributed by atoms with Crippen LogP contribution < -0.4 is 5.32 Å². The van der Waals surface area contributed by atoms with Crippen LogP contribution in [0.2, 0.25) is 0 Å². The third kappa shape index (κ3) is 5.87. The lowest BCUT2D eigenvalue weighted by molar-refractivity contribution is 0.187. The maximum Gasteiger partial charge on any atom is 0.00213 e. The summed E-state index contributed by atoms with van der Waals surface area (Å²) >= 11 is 0. The quantitative estimate of drug-likeness (QED) is 0.736. The van der Waals surface area contributed by atoms with Crippen LogP contribution in [0.1, 0.15) is 46.0 Å². The average molecular weight is 240 g/mol. The summed E-state index contributed by atoms with van der Waals surface area (Å²) < 4.78 is 0. The van der Waals surface area contributed by atoms with Crippen molar-refractivity contribution in [1.82, 2.24) is 10.2 Å². The Balaban J connectivity index is 2.27. The standard InChI is InChI=1S/C15H32N2/c1-13(2)15(10-16-3)12-17(4)11-14-8-6-5-7-9-14/h13-16H,5-12H2,1-4H3. The molecule has 1 saturated carbocycles. The third-order valence-electron chi connectivity index (χ3n) is 4.25. The lowest BCUT2D eigenvalue weighted by Gasteiger charge is -2.31. The van der Waals surface area contributed by atoms with Crippen molar-refractivity contribution in [3.63, 3.8) is 0 Å². The van der Waals surface area contributed by atoms with Crippen LogP contribution in [0.3, 0.4) is 0 Å². The molecule has 1 N–H and O–H groups in total. The molecule has 0 aromatic rings. The minimum atomic E-state index is 0.774. The van der Waals surface area contributed by atoms with Crippen LogP contribution in [0, 0.1) is 17.8 Å². The van der Waals surface area contributed by atoms with Gasteiger partial charge in [-0.1, -0.05) is 33.1 Å². The average Bonchev–Trinajstić information content (AvgIpc) is 2.29. The molecule has 1 aliphatic carbocycles. The van der Waals surface area contributed by atoms with E-state index >= 15 is 0 Å².